The number of hydrogen-bond donors (Lipinski definition) is 4. The van der Waals surface area contributed by atoms with E-state index >= 15 is 0 Å². The molecule has 4 N–H and O–H groups in total. The predicted octanol–water partition coefficient (Wildman–Crippen LogP) is 1.98. The van der Waals surface area contributed by atoms with Crippen molar-refractivity contribution >= 4 is 5.78 Å². The second kappa shape index (κ2) is 5.75. The molecule has 132 valence electrons. The van der Waals surface area contributed by atoms with Crippen LogP contribution in [-0.2, 0) is 10.5 Å². The topological polar surface area (TPSA) is 126 Å². The lowest BCUT2D eigenvalue weighted by Gasteiger charge is -2.37. The van der Waals surface area contributed by atoms with Gasteiger partial charge in [-0.25, -0.2) is 0 Å². The summed E-state index contributed by atoms with van der Waals surface area (Å²) in [7, 11) is 2.52. The smallest absolute Gasteiger partial charge is 0.248 e. The molecule has 8 heteroatoms. The summed E-state index contributed by atoms with van der Waals surface area (Å²) in [5.41, 5.74) is -0.152. The van der Waals surface area contributed by atoms with E-state index < -0.39 is 23.1 Å². The normalized spacial score (nSPS) is 19.2. The molecule has 25 heavy (non-hydrogen) atoms. The van der Waals surface area contributed by atoms with Gasteiger partial charge in [0.1, 0.15) is 22.8 Å². The molecule has 1 heterocycles. The van der Waals surface area contributed by atoms with Gasteiger partial charge in [-0.15, -0.1) is 0 Å². The summed E-state index contributed by atoms with van der Waals surface area (Å²) >= 11 is 0. The van der Waals surface area contributed by atoms with Gasteiger partial charge in [0.2, 0.25) is 11.5 Å². The Morgan fingerprint density at radius 3 is 2.40 bits per heavy atom. The number of ether oxygens (including phenoxy) is 3. The Hall–Kier alpha value is -3.13. The van der Waals surface area contributed by atoms with Crippen molar-refractivity contribution in [2.75, 3.05) is 14.2 Å². The third-order valence-corrected chi connectivity index (χ3v) is 4.06. The van der Waals surface area contributed by atoms with Crippen molar-refractivity contribution in [3.63, 3.8) is 0 Å². The van der Waals surface area contributed by atoms with Gasteiger partial charge >= 0.3 is 0 Å². The fraction of sp³-hybridized carbons (Fsp3) is 0.235. The van der Waals surface area contributed by atoms with Crippen LogP contribution in [0.5, 0.6) is 34.5 Å². The van der Waals surface area contributed by atoms with Gasteiger partial charge in [0.15, 0.2) is 17.3 Å². The zero-order valence-electron chi connectivity index (χ0n) is 13.4. The Balaban J connectivity index is 2.25. The highest BCUT2D eigenvalue weighted by Crippen LogP contribution is 2.52. The van der Waals surface area contributed by atoms with E-state index in [1.165, 1.54) is 32.4 Å². The Kier molecular flexibility index (Phi) is 3.84. The molecule has 3 rings (SSSR count). The lowest BCUT2D eigenvalue weighted by Crippen LogP contribution is -2.41. The molecular weight excluding hydrogens is 332 g/mol. The molecule has 1 atom stereocenters. The molecule has 0 fully saturated rings. The first-order valence-corrected chi connectivity index (χ1v) is 7.25. The second-order valence-corrected chi connectivity index (χ2v) is 5.51. The maximum atomic E-state index is 12.6. The lowest BCUT2D eigenvalue weighted by molar-refractivity contribution is -0.175. The molecule has 0 aliphatic carbocycles. The Morgan fingerprint density at radius 1 is 1.04 bits per heavy atom. The molecule has 0 saturated carbocycles. The summed E-state index contributed by atoms with van der Waals surface area (Å²) in [4.78, 5) is 12.6. The number of phenolic OH excluding ortho intramolecular Hbond substituents is 4. The Labute approximate surface area is 142 Å². The Morgan fingerprint density at radius 2 is 1.76 bits per heavy atom. The van der Waals surface area contributed by atoms with E-state index in [9.17, 15) is 25.2 Å². The number of rotatable bonds is 3. The lowest BCUT2D eigenvalue weighted by atomic mass is 9.91. The monoisotopic (exact) mass is 348 g/mol. The van der Waals surface area contributed by atoms with E-state index in [0.717, 1.165) is 6.07 Å². The fourth-order valence-electron chi connectivity index (χ4n) is 2.88. The summed E-state index contributed by atoms with van der Waals surface area (Å²) in [6, 6.07) is 4.67. The van der Waals surface area contributed by atoms with Crippen LogP contribution in [0.2, 0.25) is 0 Å². The van der Waals surface area contributed by atoms with Crippen molar-refractivity contribution in [3.05, 3.63) is 35.4 Å². The molecule has 8 nitrogen and oxygen atoms in total. The number of methoxy groups -OCH3 is 2. The third kappa shape index (κ3) is 2.47. The van der Waals surface area contributed by atoms with Crippen molar-refractivity contribution in [1.82, 2.24) is 0 Å². The standard InChI is InChI=1S/C17H16O8/c1-23-15-12(21)6-11(20)14-13(22)7-17(24-2,25-16(14)15)9-5-8(18)3-4-10(9)19/h3-6,18-21H,7H2,1-2H3. The highest BCUT2D eigenvalue weighted by molar-refractivity contribution is 6.04. The molecule has 2 aromatic carbocycles. The van der Waals surface area contributed by atoms with Gasteiger partial charge in [-0.1, -0.05) is 0 Å². The average molecular weight is 348 g/mol. The van der Waals surface area contributed by atoms with Gasteiger partial charge < -0.3 is 34.6 Å². The van der Waals surface area contributed by atoms with Crippen LogP contribution in [0.15, 0.2) is 24.3 Å². The SMILES string of the molecule is COc1c(O)cc(O)c2c1OC(OC)(c1cc(O)ccc1O)CC2=O. The first kappa shape index (κ1) is 16.7. The van der Waals surface area contributed by atoms with Crippen LogP contribution in [0, 0.1) is 0 Å². The maximum absolute atomic E-state index is 12.6. The number of ketones is 1. The van der Waals surface area contributed by atoms with Gasteiger partial charge in [0.05, 0.1) is 19.1 Å². The van der Waals surface area contributed by atoms with E-state index in [4.69, 9.17) is 14.2 Å². The minimum absolute atomic E-state index is 0.0129. The number of carbonyl (C=O) groups is 1. The van der Waals surface area contributed by atoms with E-state index in [1.54, 1.807) is 0 Å². The van der Waals surface area contributed by atoms with Gasteiger partial charge in [-0.05, 0) is 18.2 Å². The summed E-state index contributed by atoms with van der Waals surface area (Å²) in [6.45, 7) is 0. The van der Waals surface area contributed by atoms with Crippen LogP contribution in [0.4, 0.5) is 0 Å². The van der Waals surface area contributed by atoms with Crippen molar-refractivity contribution in [2.45, 2.75) is 12.2 Å². The van der Waals surface area contributed by atoms with Crippen LogP contribution in [-0.4, -0.2) is 40.4 Å². The molecule has 0 spiro atoms. The molecule has 0 saturated heterocycles. The molecule has 1 aliphatic rings. The predicted molar refractivity (Wildman–Crippen MR) is 84.4 cm³/mol. The third-order valence-electron chi connectivity index (χ3n) is 4.06. The summed E-state index contributed by atoms with van der Waals surface area (Å²) < 4.78 is 16.2. The van der Waals surface area contributed by atoms with Gasteiger partial charge in [-0.3, -0.25) is 4.79 Å². The number of Topliss-reactive ketones (excluding diaryl/α,β-unsaturated/α-hetero) is 1. The zero-order valence-corrected chi connectivity index (χ0v) is 13.4. The van der Waals surface area contributed by atoms with Crippen molar-refractivity contribution in [1.29, 1.82) is 0 Å². The fourth-order valence-corrected chi connectivity index (χ4v) is 2.88. The van der Waals surface area contributed by atoms with Crippen molar-refractivity contribution in [3.8, 4) is 34.5 Å². The van der Waals surface area contributed by atoms with Crippen LogP contribution in [0.1, 0.15) is 22.3 Å². The summed E-state index contributed by atoms with van der Waals surface area (Å²) in [5.74, 6) is -4.05. The number of phenols is 4. The summed E-state index contributed by atoms with van der Waals surface area (Å²) in [6.07, 6.45) is -0.380. The van der Waals surface area contributed by atoms with Crippen molar-refractivity contribution in [2.24, 2.45) is 0 Å². The second-order valence-electron chi connectivity index (χ2n) is 5.51. The highest BCUT2D eigenvalue weighted by Gasteiger charge is 2.47. The first-order valence-electron chi connectivity index (χ1n) is 7.25. The largest absolute Gasteiger partial charge is 0.508 e. The molecule has 0 radical (unpaired) electrons. The molecule has 0 bridgehead atoms. The van der Waals surface area contributed by atoms with E-state index in [2.05, 4.69) is 0 Å². The highest BCUT2D eigenvalue weighted by atomic mass is 16.7. The summed E-state index contributed by atoms with van der Waals surface area (Å²) in [5, 5.41) is 39.8. The van der Waals surface area contributed by atoms with Crippen LogP contribution >= 0.6 is 0 Å². The molecule has 0 amide bonds. The number of aromatic hydroxyl groups is 4. The minimum atomic E-state index is -1.78. The first-order chi connectivity index (χ1) is 11.8. The van der Waals surface area contributed by atoms with E-state index in [-0.39, 0.29) is 40.5 Å². The number of hydrogen-bond acceptors (Lipinski definition) is 8. The number of benzene rings is 2. The number of fused-ring (bicyclic) bond motifs is 1. The molecule has 1 unspecified atom stereocenters. The van der Waals surface area contributed by atoms with Crippen LogP contribution in [0.3, 0.4) is 0 Å². The van der Waals surface area contributed by atoms with Gasteiger partial charge in [0, 0.05) is 13.2 Å². The van der Waals surface area contributed by atoms with E-state index in [0.29, 0.717) is 0 Å². The van der Waals surface area contributed by atoms with Gasteiger partial charge in [-0.2, -0.15) is 0 Å². The average Bonchev–Trinajstić information content (AvgIpc) is 2.56. The molecule has 1 aliphatic heterocycles. The molecule has 2 aromatic rings. The minimum Gasteiger partial charge on any atom is -0.508 e. The van der Waals surface area contributed by atoms with Gasteiger partial charge in [0.25, 0.3) is 0 Å². The van der Waals surface area contributed by atoms with Crippen LogP contribution in [0.25, 0.3) is 0 Å². The molecule has 0 aromatic heterocycles. The Bertz CT molecular complexity index is 860. The number of carbonyl (C=O) groups excluding carboxylic acids is 1. The zero-order chi connectivity index (χ0) is 18.4. The maximum Gasteiger partial charge on any atom is 0.248 e. The quantitative estimate of drug-likeness (QED) is 0.621. The molecular formula is C17H16O8. The van der Waals surface area contributed by atoms with Crippen molar-refractivity contribution < 1.29 is 39.4 Å². The van der Waals surface area contributed by atoms with Crippen LogP contribution < -0.4 is 9.47 Å². The van der Waals surface area contributed by atoms with E-state index in [1.807, 2.05) is 0 Å².